The van der Waals surface area contributed by atoms with Crippen LogP contribution in [-0.2, 0) is 16.1 Å². The van der Waals surface area contributed by atoms with Crippen molar-refractivity contribution in [2.45, 2.75) is 45.2 Å². The number of carbonyl (C=O) groups excluding carboxylic acids is 2. The number of rotatable bonds is 4. The fraction of sp³-hybridized carbons (Fsp3) is 0.320. The summed E-state index contributed by atoms with van der Waals surface area (Å²) in [5.41, 5.74) is 2.10. The van der Waals surface area contributed by atoms with Gasteiger partial charge < -0.3 is 10.2 Å². The van der Waals surface area contributed by atoms with Gasteiger partial charge in [-0.2, -0.15) is 5.26 Å². The topological polar surface area (TPSA) is 73.2 Å². The molecule has 4 rings (SSSR count). The summed E-state index contributed by atoms with van der Waals surface area (Å²) < 4.78 is 0. The molecule has 2 aromatic carbocycles. The monoisotopic (exact) mass is 433 g/mol. The van der Waals surface area contributed by atoms with Crippen molar-refractivity contribution < 1.29 is 9.59 Å². The second-order valence-electron chi connectivity index (χ2n) is 8.20. The van der Waals surface area contributed by atoms with Crippen molar-refractivity contribution in [2.75, 3.05) is 4.90 Å². The van der Waals surface area contributed by atoms with Gasteiger partial charge in [0.1, 0.15) is 11.6 Å². The number of halogens is 1. The molecule has 2 aromatic rings. The van der Waals surface area contributed by atoms with Crippen molar-refractivity contribution in [3.63, 3.8) is 0 Å². The lowest BCUT2D eigenvalue weighted by molar-refractivity contribution is -0.119. The van der Waals surface area contributed by atoms with Crippen LogP contribution < -0.4 is 10.2 Å². The molecule has 5 nitrogen and oxygen atoms in total. The van der Waals surface area contributed by atoms with E-state index in [0.29, 0.717) is 22.2 Å². The molecule has 0 aromatic heterocycles. The van der Waals surface area contributed by atoms with E-state index in [9.17, 15) is 14.9 Å². The van der Waals surface area contributed by atoms with Crippen LogP contribution >= 0.6 is 11.6 Å². The summed E-state index contributed by atoms with van der Waals surface area (Å²) in [4.78, 5) is 28.1. The van der Waals surface area contributed by atoms with Crippen molar-refractivity contribution in [1.29, 1.82) is 5.26 Å². The van der Waals surface area contributed by atoms with Gasteiger partial charge in [-0.1, -0.05) is 67.8 Å². The molecule has 2 aliphatic rings. The fourth-order valence-corrected chi connectivity index (χ4v) is 4.66. The third-order valence-corrected chi connectivity index (χ3v) is 6.60. The zero-order valence-electron chi connectivity index (χ0n) is 17.4. The van der Waals surface area contributed by atoms with Crippen LogP contribution in [0.5, 0.6) is 0 Å². The molecule has 2 amide bonds. The first-order valence-electron chi connectivity index (χ1n) is 10.6. The molecule has 158 valence electrons. The van der Waals surface area contributed by atoms with Crippen LogP contribution in [-0.4, -0.2) is 17.9 Å². The number of anilines is 1. The highest BCUT2D eigenvalue weighted by molar-refractivity contribution is 6.37. The minimum Gasteiger partial charge on any atom is -0.348 e. The van der Waals surface area contributed by atoms with Gasteiger partial charge in [-0.3, -0.25) is 9.59 Å². The quantitative estimate of drug-likeness (QED) is 0.552. The number of nitrogens with zero attached hydrogens (tertiary/aromatic N) is 2. The Morgan fingerprint density at radius 3 is 2.61 bits per heavy atom. The molecule has 1 heterocycles. The minimum atomic E-state index is -0.473. The second-order valence-corrected chi connectivity index (χ2v) is 8.61. The van der Waals surface area contributed by atoms with Crippen LogP contribution in [0.15, 0.2) is 54.1 Å². The SMILES string of the molecule is CC1CCCCC1NC(=O)/C(C#N)=C1/C(=O)N(Cc2ccccc2Cl)c2ccccc21. The van der Waals surface area contributed by atoms with E-state index in [0.717, 1.165) is 31.2 Å². The van der Waals surface area contributed by atoms with Crippen LogP contribution in [0.2, 0.25) is 5.02 Å². The van der Waals surface area contributed by atoms with Crippen molar-refractivity contribution in [3.8, 4) is 6.07 Å². The number of hydrogen-bond donors (Lipinski definition) is 1. The predicted molar refractivity (Wildman–Crippen MR) is 121 cm³/mol. The Bertz CT molecular complexity index is 1100. The highest BCUT2D eigenvalue weighted by Gasteiger charge is 2.37. The van der Waals surface area contributed by atoms with Gasteiger partial charge in [-0.05, 0) is 36.5 Å². The normalized spacial score (nSPS) is 22.0. The van der Waals surface area contributed by atoms with E-state index in [4.69, 9.17) is 11.6 Å². The van der Waals surface area contributed by atoms with Gasteiger partial charge in [0, 0.05) is 16.6 Å². The average Bonchev–Trinajstić information content (AvgIpc) is 3.04. The van der Waals surface area contributed by atoms with Crippen LogP contribution in [0.1, 0.15) is 43.7 Å². The Kier molecular flexibility index (Phi) is 6.11. The predicted octanol–water partition coefficient (Wildman–Crippen LogP) is 4.86. The molecule has 2 atom stereocenters. The van der Waals surface area contributed by atoms with Crippen molar-refractivity contribution in [1.82, 2.24) is 5.32 Å². The molecule has 2 unspecified atom stereocenters. The number of carbonyl (C=O) groups is 2. The summed E-state index contributed by atoms with van der Waals surface area (Å²) in [6, 6.07) is 16.6. The number of benzene rings is 2. The lowest BCUT2D eigenvalue weighted by Crippen LogP contribution is -2.42. The van der Waals surface area contributed by atoms with Crippen LogP contribution in [0.3, 0.4) is 0 Å². The number of para-hydroxylation sites is 1. The molecule has 0 saturated heterocycles. The van der Waals surface area contributed by atoms with Gasteiger partial charge in [-0.15, -0.1) is 0 Å². The van der Waals surface area contributed by atoms with Crippen LogP contribution in [0.25, 0.3) is 5.57 Å². The second kappa shape index (κ2) is 8.95. The lowest BCUT2D eigenvalue weighted by atomic mass is 9.85. The van der Waals surface area contributed by atoms with Gasteiger partial charge in [-0.25, -0.2) is 0 Å². The van der Waals surface area contributed by atoms with Gasteiger partial charge in [0.25, 0.3) is 11.8 Å². The third-order valence-electron chi connectivity index (χ3n) is 6.23. The molecule has 1 N–H and O–H groups in total. The molecule has 0 bridgehead atoms. The molecule has 1 aliphatic heterocycles. The van der Waals surface area contributed by atoms with E-state index in [2.05, 4.69) is 12.2 Å². The summed E-state index contributed by atoms with van der Waals surface area (Å²) >= 11 is 6.31. The first-order valence-corrected chi connectivity index (χ1v) is 11.0. The van der Waals surface area contributed by atoms with Crippen LogP contribution in [0.4, 0.5) is 5.69 Å². The zero-order valence-corrected chi connectivity index (χ0v) is 18.2. The first-order chi connectivity index (χ1) is 15.0. The summed E-state index contributed by atoms with van der Waals surface area (Å²) in [5.74, 6) is -0.477. The molecule has 1 fully saturated rings. The Labute approximate surface area is 187 Å². The van der Waals surface area contributed by atoms with E-state index >= 15 is 0 Å². The molecular formula is C25H24ClN3O2. The van der Waals surface area contributed by atoms with Gasteiger partial charge >= 0.3 is 0 Å². The lowest BCUT2D eigenvalue weighted by Gasteiger charge is -2.29. The largest absolute Gasteiger partial charge is 0.348 e. The van der Waals surface area contributed by atoms with E-state index in [1.54, 1.807) is 23.1 Å². The molecule has 1 saturated carbocycles. The van der Waals surface area contributed by atoms with Crippen molar-refractivity contribution in [3.05, 3.63) is 70.3 Å². The fourth-order valence-electron chi connectivity index (χ4n) is 4.47. The highest BCUT2D eigenvalue weighted by Crippen LogP contribution is 2.40. The molecule has 0 spiro atoms. The molecular weight excluding hydrogens is 410 g/mol. The number of nitriles is 1. The minimum absolute atomic E-state index is 0.0242. The number of amides is 2. The highest BCUT2D eigenvalue weighted by atomic mass is 35.5. The van der Waals surface area contributed by atoms with Gasteiger partial charge in [0.05, 0.1) is 17.8 Å². The standard InChI is InChI=1S/C25H24ClN3O2/c1-16-8-2-6-12-21(16)28-24(30)19(14-27)23-18-10-4-7-13-22(18)29(25(23)31)15-17-9-3-5-11-20(17)26/h3-5,7,9-11,13,16,21H,2,6,8,12,15H2,1H3,(H,28,30)/b23-19+. The summed E-state index contributed by atoms with van der Waals surface area (Å²) in [6.07, 6.45) is 4.16. The summed E-state index contributed by atoms with van der Waals surface area (Å²) in [5, 5.41) is 13.4. The number of hydrogen-bond acceptors (Lipinski definition) is 3. The number of nitrogens with one attached hydrogen (secondary N) is 1. The average molecular weight is 434 g/mol. The third kappa shape index (κ3) is 4.08. The Morgan fingerprint density at radius 1 is 1.16 bits per heavy atom. The molecule has 31 heavy (non-hydrogen) atoms. The van der Waals surface area contributed by atoms with E-state index in [1.807, 2.05) is 36.4 Å². The van der Waals surface area contributed by atoms with Gasteiger partial charge in [0.15, 0.2) is 0 Å². The summed E-state index contributed by atoms with van der Waals surface area (Å²) in [6.45, 7) is 2.38. The Morgan fingerprint density at radius 2 is 1.87 bits per heavy atom. The van der Waals surface area contributed by atoms with E-state index in [-0.39, 0.29) is 29.6 Å². The zero-order chi connectivity index (χ0) is 22.0. The Balaban J connectivity index is 1.70. The maximum absolute atomic E-state index is 13.4. The van der Waals surface area contributed by atoms with E-state index < -0.39 is 5.91 Å². The Hall–Kier alpha value is -3.10. The first kappa shape index (κ1) is 21.1. The summed E-state index contributed by atoms with van der Waals surface area (Å²) in [7, 11) is 0. The van der Waals surface area contributed by atoms with E-state index in [1.165, 1.54) is 0 Å². The number of fused-ring (bicyclic) bond motifs is 1. The maximum Gasteiger partial charge on any atom is 0.263 e. The maximum atomic E-state index is 13.4. The van der Waals surface area contributed by atoms with Crippen molar-refractivity contribution in [2.24, 2.45) is 5.92 Å². The van der Waals surface area contributed by atoms with Gasteiger partial charge in [0.2, 0.25) is 0 Å². The molecule has 6 heteroatoms. The van der Waals surface area contributed by atoms with Crippen LogP contribution in [0, 0.1) is 17.2 Å². The molecule has 1 aliphatic carbocycles. The van der Waals surface area contributed by atoms with Crippen molar-refractivity contribution >= 4 is 34.7 Å². The molecule has 0 radical (unpaired) electrons. The smallest absolute Gasteiger partial charge is 0.263 e.